The number of ether oxygens (including phenoxy) is 1. The first-order valence-electron chi connectivity index (χ1n) is 13.9. The molecule has 0 bridgehead atoms. The summed E-state index contributed by atoms with van der Waals surface area (Å²) in [7, 11) is 0. The van der Waals surface area contributed by atoms with E-state index in [-0.39, 0.29) is 58.7 Å². The molecule has 0 spiro atoms. The number of esters is 1. The number of fused-ring (bicyclic) bond motifs is 5. The van der Waals surface area contributed by atoms with Crippen LogP contribution in [0.5, 0.6) is 0 Å². The van der Waals surface area contributed by atoms with E-state index in [0.29, 0.717) is 18.9 Å². The van der Waals surface area contributed by atoms with Gasteiger partial charge in [-0.05, 0) is 97.4 Å². The average molecular weight is 493 g/mol. The highest BCUT2D eigenvalue weighted by atomic mass is 16.5. The Hall–Kier alpha value is -0.950. The fraction of sp³-hybridized carbons (Fsp3) is 0.897. The molecule has 0 aromatic rings. The molecule has 4 N–H and O–H groups in total. The number of aliphatic hydroxyl groups excluding tert-OH is 4. The molecular weight excluding hydrogens is 444 g/mol. The maximum Gasteiger partial charge on any atom is 0.309 e. The van der Waals surface area contributed by atoms with Crippen LogP contribution >= 0.6 is 0 Å². The Morgan fingerprint density at radius 3 is 2.31 bits per heavy atom. The van der Waals surface area contributed by atoms with Gasteiger partial charge in [0.1, 0.15) is 6.10 Å². The van der Waals surface area contributed by atoms with Crippen LogP contribution in [0, 0.1) is 52.3 Å². The van der Waals surface area contributed by atoms with E-state index >= 15 is 0 Å². The molecule has 1 saturated heterocycles. The third kappa shape index (κ3) is 4.30. The summed E-state index contributed by atoms with van der Waals surface area (Å²) in [5, 5.41) is 43.1. The molecule has 35 heavy (non-hydrogen) atoms. The zero-order valence-electron chi connectivity index (χ0n) is 22.5. The molecule has 0 amide bonds. The topological polar surface area (TPSA) is 107 Å². The van der Waals surface area contributed by atoms with Crippen molar-refractivity contribution in [2.75, 3.05) is 6.61 Å². The number of carbonyl (C=O) groups excluding carboxylic acids is 1. The molecule has 0 radical (unpaired) electrons. The monoisotopic (exact) mass is 492 g/mol. The van der Waals surface area contributed by atoms with Gasteiger partial charge in [-0.15, -0.1) is 0 Å². The maximum absolute atomic E-state index is 13.0. The van der Waals surface area contributed by atoms with Crippen molar-refractivity contribution in [2.45, 2.75) is 104 Å². The molecule has 3 saturated carbocycles. The van der Waals surface area contributed by atoms with Crippen molar-refractivity contribution in [3.63, 3.8) is 0 Å². The van der Waals surface area contributed by atoms with Crippen molar-refractivity contribution in [1.82, 2.24) is 0 Å². The first-order valence-corrected chi connectivity index (χ1v) is 13.9. The summed E-state index contributed by atoms with van der Waals surface area (Å²) in [6.45, 7) is 13.0. The van der Waals surface area contributed by atoms with Crippen molar-refractivity contribution in [3.8, 4) is 0 Å². The standard InChI is InChI=1S/C29H48O6/c1-7-17(15(2)3)26(33)25(32)16(4)19-8-9-20-18-14-35-27(34)22-12-23(30)24(31)13-29(22,6)21(18)10-11-28(19,20)5/h7,15-16,18-26,30-33H,8-14H2,1-6H3/b17-7+/t16-,18?,19+,20?,21?,22?,23-,24+,25+,26+,28+,29+/m0/s1. The number of carbonyl (C=O) groups is 1. The summed E-state index contributed by atoms with van der Waals surface area (Å²) >= 11 is 0. The Balaban J connectivity index is 1.58. The molecule has 4 fully saturated rings. The number of allylic oxidation sites excluding steroid dienone is 1. The Kier molecular flexibility index (Phi) is 7.54. The van der Waals surface area contributed by atoms with Gasteiger partial charge in [-0.3, -0.25) is 4.79 Å². The molecule has 4 unspecified atom stereocenters. The van der Waals surface area contributed by atoms with Gasteiger partial charge in [0.05, 0.1) is 30.8 Å². The third-order valence-electron chi connectivity index (χ3n) is 11.3. The van der Waals surface area contributed by atoms with Gasteiger partial charge < -0.3 is 25.2 Å². The Labute approximate surface area is 211 Å². The summed E-state index contributed by atoms with van der Waals surface area (Å²) in [6.07, 6.45) is 3.28. The third-order valence-corrected chi connectivity index (χ3v) is 11.3. The second-order valence-corrected chi connectivity index (χ2v) is 13.1. The lowest BCUT2D eigenvalue weighted by atomic mass is 9.48. The highest BCUT2D eigenvalue weighted by Gasteiger charge is 2.63. The number of cyclic esters (lactones) is 1. The van der Waals surface area contributed by atoms with Gasteiger partial charge in [-0.25, -0.2) is 0 Å². The summed E-state index contributed by atoms with van der Waals surface area (Å²) in [4.78, 5) is 13.0. The molecule has 1 heterocycles. The molecule has 0 aromatic heterocycles. The van der Waals surface area contributed by atoms with E-state index in [4.69, 9.17) is 4.74 Å². The zero-order chi connectivity index (χ0) is 25.9. The number of hydrogen-bond acceptors (Lipinski definition) is 6. The molecule has 4 rings (SSSR count). The van der Waals surface area contributed by atoms with E-state index in [1.807, 2.05) is 26.8 Å². The van der Waals surface area contributed by atoms with Gasteiger partial charge in [0, 0.05) is 0 Å². The fourth-order valence-electron chi connectivity index (χ4n) is 9.26. The molecule has 6 nitrogen and oxygen atoms in total. The van der Waals surface area contributed by atoms with Crippen LogP contribution < -0.4 is 0 Å². The predicted molar refractivity (Wildman–Crippen MR) is 134 cm³/mol. The Bertz CT molecular complexity index is 824. The van der Waals surface area contributed by atoms with Crippen LogP contribution in [-0.2, 0) is 9.53 Å². The van der Waals surface area contributed by atoms with Crippen LogP contribution in [0.2, 0.25) is 0 Å². The summed E-state index contributed by atoms with van der Waals surface area (Å²) in [5.41, 5.74) is 0.515. The minimum atomic E-state index is -0.872. The van der Waals surface area contributed by atoms with Crippen LogP contribution in [0.15, 0.2) is 11.6 Å². The van der Waals surface area contributed by atoms with Crippen LogP contribution in [0.4, 0.5) is 0 Å². The number of hydrogen-bond donors (Lipinski definition) is 4. The van der Waals surface area contributed by atoms with Crippen molar-refractivity contribution in [1.29, 1.82) is 0 Å². The molecule has 1 aliphatic heterocycles. The molecular formula is C29H48O6. The van der Waals surface area contributed by atoms with Crippen molar-refractivity contribution in [3.05, 3.63) is 11.6 Å². The summed E-state index contributed by atoms with van der Waals surface area (Å²) < 4.78 is 5.87. The van der Waals surface area contributed by atoms with Gasteiger partial charge in [0.15, 0.2) is 0 Å². The molecule has 6 heteroatoms. The predicted octanol–water partition coefficient (Wildman–Crippen LogP) is 3.70. The van der Waals surface area contributed by atoms with E-state index in [0.717, 1.165) is 31.3 Å². The van der Waals surface area contributed by atoms with Crippen LogP contribution in [0.25, 0.3) is 0 Å². The second kappa shape index (κ2) is 9.74. The number of aliphatic hydroxyl groups is 4. The van der Waals surface area contributed by atoms with E-state index in [2.05, 4.69) is 20.8 Å². The zero-order valence-corrected chi connectivity index (χ0v) is 22.5. The highest BCUT2D eigenvalue weighted by molar-refractivity contribution is 5.74. The first kappa shape index (κ1) is 27.1. The van der Waals surface area contributed by atoms with E-state index in [1.54, 1.807) is 0 Å². The highest BCUT2D eigenvalue weighted by Crippen LogP contribution is 2.66. The lowest BCUT2D eigenvalue weighted by molar-refractivity contribution is -0.162. The molecule has 200 valence electrons. The van der Waals surface area contributed by atoms with Crippen LogP contribution in [0.1, 0.15) is 80.1 Å². The van der Waals surface area contributed by atoms with Crippen LogP contribution in [-0.4, -0.2) is 57.4 Å². The molecule has 0 aromatic carbocycles. The summed E-state index contributed by atoms with van der Waals surface area (Å²) in [5.74, 6) is 0.676. The molecule has 12 atom stereocenters. The lowest BCUT2D eigenvalue weighted by Gasteiger charge is -2.56. The summed E-state index contributed by atoms with van der Waals surface area (Å²) in [6, 6.07) is 0. The van der Waals surface area contributed by atoms with Gasteiger partial charge in [0.25, 0.3) is 0 Å². The molecule has 4 aliphatic rings. The van der Waals surface area contributed by atoms with E-state index in [9.17, 15) is 25.2 Å². The largest absolute Gasteiger partial charge is 0.465 e. The lowest BCUT2D eigenvalue weighted by Crippen LogP contribution is -2.55. The first-order chi connectivity index (χ1) is 16.4. The van der Waals surface area contributed by atoms with E-state index < -0.39 is 24.4 Å². The van der Waals surface area contributed by atoms with Crippen molar-refractivity contribution < 1.29 is 30.0 Å². The van der Waals surface area contributed by atoms with Gasteiger partial charge in [-0.2, -0.15) is 0 Å². The second-order valence-electron chi connectivity index (χ2n) is 13.1. The number of rotatable bonds is 5. The SMILES string of the molecule is C/C=C(\C(C)C)[C@@H](O)[C@H](O)[C@@H](C)[C@H]1CCC2C3COC(=O)C4C[C@H](O)[C@H](O)C[C@]4(C)C3CC[C@@]21C. The Morgan fingerprint density at radius 2 is 1.69 bits per heavy atom. The van der Waals surface area contributed by atoms with Crippen molar-refractivity contribution in [2.24, 2.45) is 52.3 Å². The normalized spacial score (nSPS) is 46.7. The van der Waals surface area contributed by atoms with Crippen molar-refractivity contribution >= 4 is 5.97 Å². The van der Waals surface area contributed by atoms with Gasteiger partial charge in [-0.1, -0.05) is 40.7 Å². The Morgan fingerprint density at radius 1 is 1.03 bits per heavy atom. The smallest absolute Gasteiger partial charge is 0.309 e. The van der Waals surface area contributed by atoms with Gasteiger partial charge in [0.2, 0.25) is 0 Å². The fourth-order valence-corrected chi connectivity index (χ4v) is 9.26. The minimum absolute atomic E-state index is 0.00457. The quantitative estimate of drug-likeness (QED) is 0.344. The molecule has 3 aliphatic carbocycles. The van der Waals surface area contributed by atoms with Gasteiger partial charge >= 0.3 is 5.97 Å². The average Bonchev–Trinajstić information content (AvgIpc) is 3.11. The van der Waals surface area contributed by atoms with E-state index in [1.165, 1.54) is 0 Å². The maximum atomic E-state index is 13.0. The van der Waals surface area contributed by atoms with Crippen LogP contribution in [0.3, 0.4) is 0 Å². The minimum Gasteiger partial charge on any atom is -0.465 e.